The first kappa shape index (κ1) is 9.74. The van der Waals surface area contributed by atoms with Crippen LogP contribution in [-0.2, 0) is 10.3 Å². The molecule has 2 rings (SSSR count). The van der Waals surface area contributed by atoms with Crippen LogP contribution in [0, 0.1) is 6.92 Å². The second-order valence-corrected chi connectivity index (χ2v) is 4.16. The van der Waals surface area contributed by atoms with Gasteiger partial charge in [-0.1, -0.05) is 0 Å². The van der Waals surface area contributed by atoms with Gasteiger partial charge in [-0.15, -0.1) is 0 Å². The van der Waals surface area contributed by atoms with Crippen molar-refractivity contribution < 1.29 is 9.15 Å². The zero-order chi connectivity index (χ0) is 10.2. The van der Waals surface area contributed by atoms with Crippen LogP contribution in [0.25, 0.3) is 0 Å². The first-order chi connectivity index (χ1) is 6.64. The minimum absolute atomic E-state index is 0.186. The zero-order valence-corrected chi connectivity index (χ0v) is 8.75. The molecule has 0 saturated carbocycles. The van der Waals surface area contributed by atoms with Crippen LogP contribution >= 0.6 is 0 Å². The lowest BCUT2D eigenvalue weighted by atomic mass is 9.99. The van der Waals surface area contributed by atoms with Crippen LogP contribution in [0.2, 0.25) is 0 Å². The van der Waals surface area contributed by atoms with Crippen molar-refractivity contribution in [1.82, 2.24) is 0 Å². The third kappa shape index (κ3) is 1.57. The van der Waals surface area contributed by atoms with E-state index in [1.54, 1.807) is 0 Å². The number of furan rings is 1. The molecule has 0 aromatic carbocycles. The Hall–Kier alpha value is -0.800. The number of hydrogen-bond donors (Lipinski definition) is 1. The molecule has 1 aromatic rings. The highest BCUT2D eigenvalue weighted by Crippen LogP contribution is 2.39. The molecular formula is C11H17NO2. The van der Waals surface area contributed by atoms with E-state index in [2.05, 4.69) is 6.92 Å². The van der Waals surface area contributed by atoms with Crippen molar-refractivity contribution in [3.8, 4) is 0 Å². The van der Waals surface area contributed by atoms with Crippen molar-refractivity contribution in [2.45, 2.75) is 38.4 Å². The van der Waals surface area contributed by atoms with Gasteiger partial charge in [0.25, 0.3) is 0 Å². The molecule has 2 N–H and O–H groups in total. The van der Waals surface area contributed by atoms with Crippen LogP contribution in [0.5, 0.6) is 0 Å². The third-order valence-electron chi connectivity index (χ3n) is 2.89. The lowest BCUT2D eigenvalue weighted by molar-refractivity contribution is -0.0423. The summed E-state index contributed by atoms with van der Waals surface area (Å²) in [4.78, 5) is 0. The van der Waals surface area contributed by atoms with Crippen molar-refractivity contribution in [2.24, 2.45) is 5.73 Å². The molecule has 1 aliphatic rings. The van der Waals surface area contributed by atoms with Crippen LogP contribution in [0.15, 0.2) is 16.5 Å². The van der Waals surface area contributed by atoms with Gasteiger partial charge in [0.15, 0.2) is 0 Å². The normalized spacial score (nSPS) is 32.4. The Bertz CT molecular complexity index is 321. The van der Waals surface area contributed by atoms with E-state index in [9.17, 15) is 0 Å². The van der Waals surface area contributed by atoms with Gasteiger partial charge >= 0.3 is 0 Å². The lowest BCUT2D eigenvalue weighted by Crippen LogP contribution is -2.25. The van der Waals surface area contributed by atoms with Crippen molar-refractivity contribution in [3.05, 3.63) is 23.7 Å². The first-order valence-corrected chi connectivity index (χ1v) is 5.09. The average Bonchev–Trinajstić information content (AvgIpc) is 2.73. The SMILES string of the molecule is Cc1ccc(C2(C)CCC(CN)O2)o1. The highest BCUT2D eigenvalue weighted by molar-refractivity contribution is 5.14. The quantitative estimate of drug-likeness (QED) is 0.784. The molecule has 0 bridgehead atoms. The van der Waals surface area contributed by atoms with Gasteiger partial charge in [-0.25, -0.2) is 0 Å². The summed E-state index contributed by atoms with van der Waals surface area (Å²) < 4.78 is 11.5. The summed E-state index contributed by atoms with van der Waals surface area (Å²) in [5.74, 6) is 1.85. The average molecular weight is 195 g/mol. The lowest BCUT2D eigenvalue weighted by Gasteiger charge is -2.22. The Morgan fingerprint density at radius 2 is 2.36 bits per heavy atom. The number of aryl methyl sites for hydroxylation is 1. The largest absolute Gasteiger partial charge is 0.463 e. The highest BCUT2D eigenvalue weighted by Gasteiger charge is 2.39. The molecule has 3 heteroatoms. The molecule has 78 valence electrons. The van der Waals surface area contributed by atoms with E-state index in [1.807, 2.05) is 19.1 Å². The fourth-order valence-electron chi connectivity index (χ4n) is 1.99. The second-order valence-electron chi connectivity index (χ2n) is 4.16. The molecule has 3 nitrogen and oxygen atoms in total. The summed E-state index contributed by atoms with van der Waals surface area (Å²) in [5, 5.41) is 0. The molecule has 0 amide bonds. The predicted octanol–water partition coefficient (Wildman–Crippen LogP) is 1.94. The molecule has 2 atom stereocenters. The molecule has 1 aromatic heterocycles. The van der Waals surface area contributed by atoms with Crippen LogP contribution in [0.4, 0.5) is 0 Å². The van der Waals surface area contributed by atoms with Gasteiger partial charge in [0.05, 0.1) is 6.10 Å². The van der Waals surface area contributed by atoms with Crippen molar-refractivity contribution in [2.75, 3.05) is 6.54 Å². The fraction of sp³-hybridized carbons (Fsp3) is 0.636. The minimum atomic E-state index is -0.266. The Labute approximate surface area is 84.2 Å². The monoisotopic (exact) mass is 195 g/mol. The number of rotatable bonds is 2. The van der Waals surface area contributed by atoms with Crippen molar-refractivity contribution >= 4 is 0 Å². The smallest absolute Gasteiger partial charge is 0.135 e. The van der Waals surface area contributed by atoms with Crippen LogP contribution in [0.3, 0.4) is 0 Å². The van der Waals surface area contributed by atoms with Gasteiger partial charge in [-0.2, -0.15) is 0 Å². The Morgan fingerprint density at radius 1 is 1.57 bits per heavy atom. The maximum absolute atomic E-state index is 5.88. The van der Waals surface area contributed by atoms with Crippen molar-refractivity contribution in [3.63, 3.8) is 0 Å². The zero-order valence-electron chi connectivity index (χ0n) is 8.75. The Kier molecular flexibility index (Phi) is 2.37. The van der Waals surface area contributed by atoms with Gasteiger partial charge < -0.3 is 14.9 Å². The van der Waals surface area contributed by atoms with Crippen LogP contribution < -0.4 is 5.73 Å². The maximum Gasteiger partial charge on any atom is 0.135 e. The standard InChI is InChI=1S/C11H17NO2/c1-8-3-4-10(13-8)11(2)6-5-9(7-12)14-11/h3-4,9H,5-7,12H2,1-2H3. The summed E-state index contributed by atoms with van der Waals surface area (Å²) in [7, 11) is 0. The summed E-state index contributed by atoms with van der Waals surface area (Å²) >= 11 is 0. The van der Waals surface area contributed by atoms with Gasteiger partial charge in [0.2, 0.25) is 0 Å². The van der Waals surface area contributed by atoms with Crippen LogP contribution in [0.1, 0.15) is 31.3 Å². The number of hydrogen-bond acceptors (Lipinski definition) is 3. The maximum atomic E-state index is 5.88. The second kappa shape index (κ2) is 3.41. The molecule has 2 heterocycles. The van der Waals surface area contributed by atoms with Gasteiger partial charge in [-0.3, -0.25) is 0 Å². The van der Waals surface area contributed by atoms with Gasteiger partial charge in [0, 0.05) is 6.54 Å². The van der Waals surface area contributed by atoms with E-state index in [0.29, 0.717) is 6.54 Å². The van der Waals surface area contributed by atoms with E-state index >= 15 is 0 Å². The number of ether oxygens (including phenoxy) is 1. The molecular weight excluding hydrogens is 178 g/mol. The van der Waals surface area contributed by atoms with E-state index in [4.69, 9.17) is 14.9 Å². The number of nitrogens with two attached hydrogens (primary N) is 1. The minimum Gasteiger partial charge on any atom is -0.463 e. The van der Waals surface area contributed by atoms with Crippen molar-refractivity contribution in [1.29, 1.82) is 0 Å². The molecule has 1 saturated heterocycles. The Morgan fingerprint density at radius 3 is 2.86 bits per heavy atom. The molecule has 1 aliphatic heterocycles. The van der Waals surface area contributed by atoms with E-state index < -0.39 is 0 Å². The fourth-order valence-corrected chi connectivity index (χ4v) is 1.99. The highest BCUT2D eigenvalue weighted by atomic mass is 16.5. The molecule has 0 spiro atoms. The first-order valence-electron chi connectivity index (χ1n) is 5.09. The van der Waals surface area contributed by atoms with Gasteiger partial charge in [-0.05, 0) is 38.8 Å². The molecule has 1 fully saturated rings. The molecule has 0 radical (unpaired) electrons. The molecule has 2 unspecified atom stereocenters. The molecule has 0 aliphatic carbocycles. The molecule has 14 heavy (non-hydrogen) atoms. The Balaban J connectivity index is 2.18. The summed E-state index contributed by atoms with van der Waals surface area (Å²) in [5.41, 5.74) is 5.32. The predicted molar refractivity (Wildman–Crippen MR) is 54.0 cm³/mol. The van der Waals surface area contributed by atoms with E-state index in [-0.39, 0.29) is 11.7 Å². The van der Waals surface area contributed by atoms with Crippen LogP contribution in [-0.4, -0.2) is 12.6 Å². The van der Waals surface area contributed by atoms with Gasteiger partial charge in [0.1, 0.15) is 17.1 Å². The van der Waals surface area contributed by atoms with E-state index in [1.165, 1.54) is 0 Å². The third-order valence-corrected chi connectivity index (χ3v) is 2.89. The topological polar surface area (TPSA) is 48.4 Å². The van der Waals surface area contributed by atoms with E-state index in [0.717, 1.165) is 24.4 Å². The summed E-state index contributed by atoms with van der Waals surface area (Å²) in [6.07, 6.45) is 2.19. The summed E-state index contributed by atoms with van der Waals surface area (Å²) in [6.45, 7) is 4.61. The summed E-state index contributed by atoms with van der Waals surface area (Å²) in [6, 6.07) is 3.97.